The van der Waals surface area contributed by atoms with Gasteiger partial charge in [0.25, 0.3) is 0 Å². The van der Waals surface area contributed by atoms with Crippen molar-refractivity contribution in [1.82, 2.24) is 15.0 Å². The molecule has 1 aliphatic rings. The summed E-state index contributed by atoms with van der Waals surface area (Å²) >= 11 is 0. The summed E-state index contributed by atoms with van der Waals surface area (Å²) in [6.07, 6.45) is -1.45. The molecule has 0 spiro atoms. The fourth-order valence-corrected chi connectivity index (χ4v) is 3.24. The molecule has 9 heteroatoms. The number of halogens is 4. The predicted molar refractivity (Wildman–Crippen MR) is 98.4 cm³/mol. The normalized spacial score (nSPS) is 20.2. The van der Waals surface area contributed by atoms with E-state index >= 15 is 0 Å². The molecular formula is C19H17F4N5. The van der Waals surface area contributed by atoms with Crippen molar-refractivity contribution in [3.63, 3.8) is 0 Å². The molecule has 3 atom stereocenters. The molecule has 3 heterocycles. The summed E-state index contributed by atoms with van der Waals surface area (Å²) in [5.41, 5.74) is 8.29. The van der Waals surface area contributed by atoms with E-state index in [1.165, 1.54) is 12.3 Å². The van der Waals surface area contributed by atoms with Crippen LogP contribution in [0.25, 0.3) is 22.0 Å². The fourth-order valence-electron chi connectivity index (χ4n) is 3.24. The van der Waals surface area contributed by atoms with Crippen molar-refractivity contribution in [2.75, 3.05) is 11.1 Å². The Kier molecular flexibility index (Phi) is 4.32. The van der Waals surface area contributed by atoms with Gasteiger partial charge in [-0.1, -0.05) is 0 Å². The second-order valence-electron chi connectivity index (χ2n) is 6.95. The van der Waals surface area contributed by atoms with Gasteiger partial charge in [-0.3, -0.25) is 4.98 Å². The Morgan fingerprint density at radius 3 is 2.64 bits per heavy atom. The molecule has 0 aromatic carbocycles. The highest BCUT2D eigenvalue weighted by Crippen LogP contribution is 2.44. The van der Waals surface area contributed by atoms with Crippen molar-refractivity contribution >= 4 is 22.4 Å². The number of alkyl halides is 4. The van der Waals surface area contributed by atoms with Gasteiger partial charge in [0.05, 0.1) is 5.69 Å². The molecule has 0 bridgehead atoms. The van der Waals surface area contributed by atoms with E-state index in [9.17, 15) is 17.6 Å². The second kappa shape index (κ2) is 6.57. The zero-order valence-electron chi connectivity index (χ0n) is 14.8. The van der Waals surface area contributed by atoms with Crippen LogP contribution in [-0.2, 0) is 0 Å². The number of aromatic nitrogens is 3. The highest BCUT2D eigenvalue weighted by Gasteiger charge is 2.55. The van der Waals surface area contributed by atoms with Gasteiger partial charge < -0.3 is 11.1 Å². The molecule has 0 saturated heterocycles. The minimum absolute atomic E-state index is 0.00776. The third-order valence-electron chi connectivity index (χ3n) is 4.90. The van der Waals surface area contributed by atoms with E-state index < -0.39 is 24.3 Å². The second-order valence-corrected chi connectivity index (χ2v) is 6.95. The summed E-state index contributed by atoms with van der Waals surface area (Å²) in [6, 6.07) is 3.04. The molecule has 5 nitrogen and oxygen atoms in total. The van der Waals surface area contributed by atoms with Crippen LogP contribution >= 0.6 is 0 Å². The Hall–Kier alpha value is -2.97. The van der Waals surface area contributed by atoms with Crippen molar-refractivity contribution in [2.45, 2.75) is 31.7 Å². The lowest BCUT2D eigenvalue weighted by Crippen LogP contribution is -2.39. The lowest BCUT2D eigenvalue weighted by atomic mass is 10.1. The van der Waals surface area contributed by atoms with Crippen LogP contribution in [0.2, 0.25) is 0 Å². The molecule has 28 heavy (non-hydrogen) atoms. The number of rotatable bonds is 4. The van der Waals surface area contributed by atoms with Gasteiger partial charge in [-0.05, 0) is 42.5 Å². The van der Waals surface area contributed by atoms with E-state index in [0.717, 1.165) is 11.1 Å². The van der Waals surface area contributed by atoms with Gasteiger partial charge in [0.1, 0.15) is 23.8 Å². The summed E-state index contributed by atoms with van der Waals surface area (Å²) in [5.74, 6) is -0.866. The molecule has 1 fully saturated rings. The molecule has 1 saturated carbocycles. The van der Waals surface area contributed by atoms with Gasteiger partial charge in [-0.15, -0.1) is 0 Å². The van der Waals surface area contributed by atoms with Crippen LogP contribution in [0.1, 0.15) is 12.0 Å². The van der Waals surface area contributed by atoms with Crippen molar-refractivity contribution in [2.24, 2.45) is 5.92 Å². The van der Waals surface area contributed by atoms with E-state index in [1.807, 2.05) is 13.0 Å². The lowest BCUT2D eigenvalue weighted by Gasteiger charge is -2.22. The topological polar surface area (TPSA) is 76.7 Å². The highest BCUT2D eigenvalue weighted by atomic mass is 19.4. The average Bonchev–Trinajstić information content (AvgIpc) is 3.34. The van der Waals surface area contributed by atoms with Crippen molar-refractivity contribution < 1.29 is 17.6 Å². The Morgan fingerprint density at radius 2 is 2.00 bits per heavy atom. The first kappa shape index (κ1) is 18.4. The number of nitrogens with one attached hydrogen (secondary N) is 1. The van der Waals surface area contributed by atoms with Crippen LogP contribution in [0.3, 0.4) is 0 Å². The van der Waals surface area contributed by atoms with Gasteiger partial charge in [0.2, 0.25) is 0 Å². The number of pyridine rings is 3. The monoisotopic (exact) mass is 391 g/mol. The number of anilines is 2. The Labute approximate surface area is 158 Å². The van der Waals surface area contributed by atoms with E-state index in [2.05, 4.69) is 20.3 Å². The number of hydrogen-bond acceptors (Lipinski definition) is 5. The molecule has 3 unspecified atom stereocenters. The molecule has 0 aliphatic heterocycles. The fraction of sp³-hybridized carbons (Fsp3) is 0.316. The number of nitrogens with zero attached hydrogens (tertiary/aromatic N) is 3. The third-order valence-corrected chi connectivity index (χ3v) is 4.90. The molecular weight excluding hydrogens is 374 g/mol. The van der Waals surface area contributed by atoms with Crippen LogP contribution in [0, 0.1) is 12.8 Å². The molecule has 1 aliphatic carbocycles. The average molecular weight is 391 g/mol. The molecule has 146 valence electrons. The summed E-state index contributed by atoms with van der Waals surface area (Å²) < 4.78 is 53.1. The molecule has 4 rings (SSSR count). The third kappa shape index (κ3) is 3.44. The first-order chi connectivity index (χ1) is 13.2. The van der Waals surface area contributed by atoms with Crippen LogP contribution in [0.4, 0.5) is 29.2 Å². The quantitative estimate of drug-likeness (QED) is 0.649. The number of hydrogen-bond donors (Lipinski definition) is 2. The number of nitrogen functional groups attached to an aromatic ring is 1. The smallest absolute Gasteiger partial charge is 0.383 e. The van der Waals surface area contributed by atoms with E-state index in [1.54, 1.807) is 18.5 Å². The maximum atomic E-state index is 13.3. The SMILES string of the molecule is Cc1ccncc1-c1cc2cc(NC(C3CC3F)C(F)(F)F)ncc2c(N)n1. The van der Waals surface area contributed by atoms with Gasteiger partial charge in [0, 0.05) is 35.5 Å². The first-order valence-electron chi connectivity index (χ1n) is 8.68. The lowest BCUT2D eigenvalue weighted by molar-refractivity contribution is -0.147. The van der Waals surface area contributed by atoms with Crippen LogP contribution in [0.5, 0.6) is 0 Å². The highest BCUT2D eigenvalue weighted by molar-refractivity contribution is 5.94. The first-order valence-corrected chi connectivity index (χ1v) is 8.68. The Morgan fingerprint density at radius 1 is 1.25 bits per heavy atom. The number of fused-ring (bicyclic) bond motifs is 1. The van der Waals surface area contributed by atoms with Crippen LogP contribution in [-0.4, -0.2) is 33.3 Å². The van der Waals surface area contributed by atoms with Crippen molar-refractivity contribution in [3.05, 3.63) is 42.4 Å². The predicted octanol–water partition coefficient (Wildman–Crippen LogP) is 4.28. The van der Waals surface area contributed by atoms with E-state index in [-0.39, 0.29) is 18.1 Å². The van der Waals surface area contributed by atoms with E-state index in [0.29, 0.717) is 16.5 Å². The van der Waals surface area contributed by atoms with Crippen LogP contribution < -0.4 is 11.1 Å². The zero-order valence-corrected chi connectivity index (χ0v) is 14.8. The van der Waals surface area contributed by atoms with E-state index in [4.69, 9.17) is 5.73 Å². The Balaban J connectivity index is 1.73. The van der Waals surface area contributed by atoms with Crippen molar-refractivity contribution in [3.8, 4) is 11.3 Å². The van der Waals surface area contributed by atoms with Crippen molar-refractivity contribution in [1.29, 1.82) is 0 Å². The van der Waals surface area contributed by atoms with Gasteiger partial charge >= 0.3 is 6.18 Å². The number of nitrogens with two attached hydrogens (primary N) is 1. The zero-order chi connectivity index (χ0) is 20.1. The summed E-state index contributed by atoms with van der Waals surface area (Å²) in [4.78, 5) is 12.5. The minimum atomic E-state index is -4.57. The summed E-state index contributed by atoms with van der Waals surface area (Å²) in [5, 5.41) is 3.45. The molecule has 3 aromatic heterocycles. The van der Waals surface area contributed by atoms with Gasteiger partial charge in [-0.2, -0.15) is 13.2 Å². The Bertz CT molecular complexity index is 1040. The standard InChI is InChI=1S/C19H17F4N5/c1-9-2-3-25-7-12(9)15-4-10-5-16(26-8-13(10)18(24)27-15)28-17(19(21,22)23)11-6-14(11)20/h2-5,7-8,11,14,17H,6H2,1H3,(H2,24,27)(H,26,28). The number of aryl methyl sites for hydroxylation is 1. The maximum Gasteiger partial charge on any atom is 0.408 e. The summed E-state index contributed by atoms with van der Waals surface area (Å²) in [6.45, 7) is 1.90. The van der Waals surface area contributed by atoms with Gasteiger partial charge in [-0.25, -0.2) is 14.4 Å². The molecule has 0 amide bonds. The summed E-state index contributed by atoms with van der Waals surface area (Å²) in [7, 11) is 0. The molecule has 3 aromatic rings. The van der Waals surface area contributed by atoms with Gasteiger partial charge in [0.15, 0.2) is 0 Å². The maximum absolute atomic E-state index is 13.3. The largest absolute Gasteiger partial charge is 0.408 e. The van der Waals surface area contributed by atoms with Crippen LogP contribution in [0.15, 0.2) is 36.8 Å². The molecule has 0 radical (unpaired) electrons. The minimum Gasteiger partial charge on any atom is -0.383 e. The molecule has 3 N–H and O–H groups in total.